The predicted molar refractivity (Wildman–Crippen MR) is 83.8 cm³/mol. The average Bonchev–Trinajstić information content (AvgIpc) is 2.90. The summed E-state index contributed by atoms with van der Waals surface area (Å²) < 4.78 is 0. The Morgan fingerprint density at radius 1 is 1.38 bits per heavy atom. The molecule has 1 unspecified atom stereocenters. The van der Waals surface area contributed by atoms with Crippen LogP contribution in [0.3, 0.4) is 0 Å². The number of amides is 2. The lowest BCUT2D eigenvalue weighted by molar-refractivity contribution is 0.251. The Bertz CT molecular complexity index is 640. The number of hydrogen-bond donors (Lipinski definition) is 2. The van der Waals surface area contributed by atoms with Crippen LogP contribution in [0.4, 0.5) is 9.93 Å². The van der Waals surface area contributed by atoms with E-state index in [1.807, 2.05) is 6.92 Å². The maximum Gasteiger partial charge on any atom is 0.321 e. The van der Waals surface area contributed by atoms with Crippen LogP contribution >= 0.6 is 11.3 Å². The SMILES string of the molecule is Cc1nnc(NC(=O)NCC2CCCc3ccccc32)s1. The molecule has 110 valence electrons. The molecule has 0 spiro atoms. The first-order valence-corrected chi connectivity index (χ1v) is 7.97. The van der Waals surface area contributed by atoms with E-state index in [2.05, 4.69) is 45.1 Å². The molecule has 0 fully saturated rings. The lowest BCUT2D eigenvalue weighted by Gasteiger charge is -2.25. The van der Waals surface area contributed by atoms with E-state index in [9.17, 15) is 4.79 Å². The summed E-state index contributed by atoms with van der Waals surface area (Å²) in [5, 5.41) is 14.8. The highest BCUT2D eigenvalue weighted by molar-refractivity contribution is 7.15. The van der Waals surface area contributed by atoms with Gasteiger partial charge in [-0.1, -0.05) is 35.6 Å². The van der Waals surface area contributed by atoms with Crippen molar-refractivity contribution in [2.45, 2.75) is 32.1 Å². The fourth-order valence-electron chi connectivity index (χ4n) is 2.77. The number of rotatable bonds is 3. The molecule has 1 aliphatic rings. The number of nitrogens with zero attached hydrogens (tertiary/aromatic N) is 2. The van der Waals surface area contributed by atoms with E-state index in [4.69, 9.17) is 0 Å². The molecule has 0 aliphatic heterocycles. The number of anilines is 1. The van der Waals surface area contributed by atoms with Crippen molar-refractivity contribution >= 4 is 22.5 Å². The minimum atomic E-state index is -0.214. The average molecular weight is 302 g/mol. The van der Waals surface area contributed by atoms with Crippen LogP contribution in [0.5, 0.6) is 0 Å². The van der Waals surface area contributed by atoms with Crippen LogP contribution < -0.4 is 10.6 Å². The topological polar surface area (TPSA) is 66.9 Å². The maximum absolute atomic E-state index is 11.9. The number of aromatic nitrogens is 2. The molecular weight excluding hydrogens is 284 g/mol. The van der Waals surface area contributed by atoms with Crippen molar-refractivity contribution in [3.63, 3.8) is 0 Å². The highest BCUT2D eigenvalue weighted by atomic mass is 32.1. The summed E-state index contributed by atoms with van der Waals surface area (Å²) in [6, 6.07) is 8.30. The van der Waals surface area contributed by atoms with Crippen molar-refractivity contribution in [1.82, 2.24) is 15.5 Å². The molecule has 1 heterocycles. The zero-order valence-corrected chi connectivity index (χ0v) is 12.7. The van der Waals surface area contributed by atoms with Gasteiger partial charge in [-0.25, -0.2) is 4.79 Å². The van der Waals surface area contributed by atoms with E-state index < -0.39 is 0 Å². The monoisotopic (exact) mass is 302 g/mol. The van der Waals surface area contributed by atoms with E-state index >= 15 is 0 Å². The van der Waals surface area contributed by atoms with E-state index in [-0.39, 0.29) is 6.03 Å². The predicted octanol–water partition coefficient (Wildman–Crippen LogP) is 3.09. The van der Waals surface area contributed by atoms with Gasteiger partial charge in [-0.15, -0.1) is 10.2 Å². The summed E-state index contributed by atoms with van der Waals surface area (Å²) in [5.74, 6) is 0.400. The molecule has 3 rings (SSSR count). The second-order valence-electron chi connectivity index (χ2n) is 5.25. The van der Waals surface area contributed by atoms with Crippen LogP contribution in [0, 0.1) is 6.92 Å². The number of urea groups is 1. The van der Waals surface area contributed by atoms with Crippen LogP contribution in [0.25, 0.3) is 0 Å². The highest BCUT2D eigenvalue weighted by Crippen LogP contribution is 2.30. The standard InChI is InChI=1S/C15H18N4OS/c1-10-18-19-15(21-10)17-14(20)16-9-12-7-4-6-11-5-2-3-8-13(11)12/h2-3,5,8,12H,4,6-7,9H2,1H3,(H2,16,17,19,20). The summed E-state index contributed by atoms with van der Waals surface area (Å²) in [6.07, 6.45) is 3.44. The fraction of sp³-hybridized carbons (Fsp3) is 0.400. The number of carbonyl (C=O) groups excluding carboxylic acids is 1. The van der Waals surface area contributed by atoms with Crippen LogP contribution in [0.2, 0.25) is 0 Å². The van der Waals surface area contributed by atoms with Gasteiger partial charge in [0.25, 0.3) is 0 Å². The summed E-state index contributed by atoms with van der Waals surface area (Å²) in [6.45, 7) is 2.51. The molecule has 2 N–H and O–H groups in total. The minimum absolute atomic E-state index is 0.214. The molecule has 1 aromatic carbocycles. The van der Waals surface area contributed by atoms with Crippen molar-refractivity contribution in [3.8, 4) is 0 Å². The Balaban J connectivity index is 1.57. The van der Waals surface area contributed by atoms with Crippen LogP contribution in [-0.4, -0.2) is 22.8 Å². The largest absolute Gasteiger partial charge is 0.337 e. The van der Waals surface area contributed by atoms with Gasteiger partial charge in [-0.3, -0.25) is 5.32 Å². The first-order chi connectivity index (χ1) is 10.2. The highest BCUT2D eigenvalue weighted by Gasteiger charge is 2.20. The molecule has 0 radical (unpaired) electrons. The smallest absolute Gasteiger partial charge is 0.321 e. The Morgan fingerprint density at radius 2 is 2.24 bits per heavy atom. The second-order valence-corrected chi connectivity index (χ2v) is 6.43. The van der Waals surface area contributed by atoms with Crippen LogP contribution in [0.15, 0.2) is 24.3 Å². The van der Waals surface area contributed by atoms with E-state index in [0.29, 0.717) is 17.6 Å². The molecule has 0 saturated heterocycles. The van der Waals surface area contributed by atoms with Gasteiger partial charge in [0.05, 0.1) is 0 Å². The van der Waals surface area contributed by atoms with Gasteiger partial charge in [-0.05, 0) is 37.3 Å². The molecule has 2 amide bonds. The number of benzene rings is 1. The van der Waals surface area contributed by atoms with Crippen molar-refractivity contribution in [2.75, 3.05) is 11.9 Å². The van der Waals surface area contributed by atoms with E-state index in [0.717, 1.165) is 17.8 Å². The first kappa shape index (κ1) is 14.0. The first-order valence-electron chi connectivity index (χ1n) is 7.15. The van der Waals surface area contributed by atoms with Crippen LogP contribution in [0.1, 0.15) is 34.9 Å². The van der Waals surface area contributed by atoms with E-state index in [1.54, 1.807) is 0 Å². The Hall–Kier alpha value is -1.95. The molecule has 21 heavy (non-hydrogen) atoms. The maximum atomic E-state index is 11.9. The number of fused-ring (bicyclic) bond motifs is 1. The quantitative estimate of drug-likeness (QED) is 0.915. The molecule has 2 aromatic rings. The normalized spacial score (nSPS) is 17.1. The number of hydrogen-bond acceptors (Lipinski definition) is 4. The van der Waals surface area contributed by atoms with Gasteiger partial charge in [0, 0.05) is 12.5 Å². The molecule has 5 nitrogen and oxygen atoms in total. The zero-order valence-electron chi connectivity index (χ0n) is 11.9. The van der Waals surface area contributed by atoms with Gasteiger partial charge in [-0.2, -0.15) is 0 Å². The molecule has 0 bridgehead atoms. The lowest BCUT2D eigenvalue weighted by Crippen LogP contribution is -2.33. The summed E-state index contributed by atoms with van der Waals surface area (Å²) in [4.78, 5) is 11.9. The molecular formula is C15H18N4OS. The minimum Gasteiger partial charge on any atom is -0.337 e. The lowest BCUT2D eigenvalue weighted by atomic mass is 9.83. The Kier molecular flexibility index (Phi) is 4.15. The van der Waals surface area contributed by atoms with Crippen LogP contribution in [-0.2, 0) is 6.42 Å². The van der Waals surface area contributed by atoms with Gasteiger partial charge in [0.2, 0.25) is 5.13 Å². The van der Waals surface area contributed by atoms with Gasteiger partial charge >= 0.3 is 6.03 Å². The fourth-order valence-corrected chi connectivity index (χ4v) is 3.36. The van der Waals surface area contributed by atoms with Crippen molar-refractivity contribution in [2.24, 2.45) is 0 Å². The summed E-state index contributed by atoms with van der Waals surface area (Å²) >= 11 is 1.37. The summed E-state index contributed by atoms with van der Waals surface area (Å²) in [7, 11) is 0. The Labute approximate surface area is 127 Å². The third kappa shape index (κ3) is 3.39. The van der Waals surface area contributed by atoms with Crippen molar-refractivity contribution in [1.29, 1.82) is 0 Å². The van der Waals surface area contributed by atoms with Crippen molar-refractivity contribution in [3.05, 3.63) is 40.4 Å². The number of carbonyl (C=O) groups is 1. The molecule has 6 heteroatoms. The third-order valence-electron chi connectivity index (χ3n) is 3.75. The summed E-state index contributed by atoms with van der Waals surface area (Å²) in [5.41, 5.74) is 2.78. The molecule has 1 aliphatic carbocycles. The third-order valence-corrected chi connectivity index (χ3v) is 4.50. The van der Waals surface area contributed by atoms with Gasteiger partial charge in [0.1, 0.15) is 5.01 Å². The molecule has 1 atom stereocenters. The second kappa shape index (κ2) is 6.22. The number of aryl methyl sites for hydroxylation is 2. The van der Waals surface area contributed by atoms with E-state index in [1.165, 1.54) is 28.9 Å². The van der Waals surface area contributed by atoms with Gasteiger partial charge in [0.15, 0.2) is 0 Å². The zero-order chi connectivity index (χ0) is 14.7. The Morgan fingerprint density at radius 3 is 3.05 bits per heavy atom. The molecule has 0 saturated carbocycles. The number of nitrogens with one attached hydrogen (secondary N) is 2. The van der Waals surface area contributed by atoms with Gasteiger partial charge < -0.3 is 5.32 Å². The molecule has 1 aromatic heterocycles. The van der Waals surface area contributed by atoms with Crippen molar-refractivity contribution < 1.29 is 4.79 Å².